The van der Waals surface area contributed by atoms with Crippen LogP contribution < -0.4 is 0 Å². The maximum atomic E-state index is 3.72. The summed E-state index contributed by atoms with van der Waals surface area (Å²) < 4.78 is 0. The molecule has 0 spiro atoms. The van der Waals surface area contributed by atoms with Crippen LogP contribution in [-0.4, -0.2) is 0 Å². The molecule has 2 rings (SSSR count). The average Bonchev–Trinajstić information content (AvgIpc) is 2.55. The van der Waals surface area contributed by atoms with Gasteiger partial charge >= 0.3 is 0 Å². The van der Waals surface area contributed by atoms with Gasteiger partial charge < -0.3 is 0 Å². The zero-order valence-electron chi connectivity index (χ0n) is 14.4. The van der Waals surface area contributed by atoms with E-state index >= 15 is 0 Å². The maximum absolute atomic E-state index is 3.72. The molecule has 0 unspecified atom stereocenters. The molecule has 0 saturated heterocycles. The molecule has 0 aliphatic heterocycles. The standard InChI is InChI=1S/C12H16.C10H12/c1-5-10-6-8-11(9-7-10)12(2,3)4;1-3-9-5-7-10(4-2)8-6-9/h5-9H,1H2,2-4H3;3,5-8H,1,4H2,2H3. The second-order valence-electron chi connectivity index (χ2n) is 6.38. The van der Waals surface area contributed by atoms with Crippen molar-refractivity contribution in [2.24, 2.45) is 0 Å². The number of hydrogen-bond acceptors (Lipinski definition) is 0. The Hall–Kier alpha value is -2.08. The van der Waals surface area contributed by atoms with Crippen LogP contribution >= 0.6 is 0 Å². The quantitative estimate of drug-likeness (QED) is 0.604. The van der Waals surface area contributed by atoms with Gasteiger partial charge in [0.1, 0.15) is 0 Å². The molecule has 0 N–H and O–H groups in total. The van der Waals surface area contributed by atoms with E-state index in [9.17, 15) is 0 Å². The van der Waals surface area contributed by atoms with Gasteiger partial charge in [-0.3, -0.25) is 0 Å². The van der Waals surface area contributed by atoms with E-state index in [4.69, 9.17) is 0 Å². The van der Waals surface area contributed by atoms with Crippen LogP contribution in [0.4, 0.5) is 0 Å². The molecule has 0 aliphatic carbocycles. The molecule has 0 aliphatic rings. The summed E-state index contributed by atoms with van der Waals surface area (Å²) in [5.41, 5.74) is 5.37. The van der Waals surface area contributed by atoms with E-state index in [0.29, 0.717) is 0 Å². The summed E-state index contributed by atoms with van der Waals surface area (Å²) in [6.07, 6.45) is 4.84. The first-order chi connectivity index (χ1) is 10.4. The van der Waals surface area contributed by atoms with Crippen molar-refractivity contribution >= 4 is 12.2 Å². The summed E-state index contributed by atoms with van der Waals surface area (Å²) in [7, 11) is 0. The van der Waals surface area contributed by atoms with Crippen molar-refractivity contribution in [3.63, 3.8) is 0 Å². The first-order valence-electron chi connectivity index (χ1n) is 7.85. The molecule has 0 atom stereocenters. The molecule has 0 radical (unpaired) electrons. The van der Waals surface area contributed by atoms with Crippen LogP contribution in [0.15, 0.2) is 61.7 Å². The Morgan fingerprint density at radius 3 is 1.50 bits per heavy atom. The van der Waals surface area contributed by atoms with E-state index in [1.165, 1.54) is 22.3 Å². The minimum absolute atomic E-state index is 0.250. The summed E-state index contributed by atoms with van der Waals surface area (Å²) in [5, 5.41) is 0. The van der Waals surface area contributed by atoms with E-state index in [2.05, 4.69) is 89.4 Å². The Labute approximate surface area is 136 Å². The first kappa shape index (κ1) is 18.0. The molecular formula is C22H28. The monoisotopic (exact) mass is 292 g/mol. The van der Waals surface area contributed by atoms with E-state index in [0.717, 1.165) is 6.42 Å². The van der Waals surface area contributed by atoms with Gasteiger partial charge in [-0.05, 0) is 34.1 Å². The van der Waals surface area contributed by atoms with Crippen LogP contribution in [0.3, 0.4) is 0 Å². The molecule has 0 amide bonds. The predicted octanol–water partition coefficient (Wildman–Crippen LogP) is 6.52. The Bertz CT molecular complexity index is 577. The molecule has 116 valence electrons. The maximum Gasteiger partial charge on any atom is -0.0132 e. The second kappa shape index (κ2) is 8.38. The lowest BCUT2D eigenvalue weighted by atomic mass is 9.87. The van der Waals surface area contributed by atoms with Gasteiger partial charge in [-0.1, -0.05) is 102 Å². The lowest BCUT2D eigenvalue weighted by Gasteiger charge is -2.18. The smallest absolute Gasteiger partial charge is 0.0132 e. The fourth-order valence-corrected chi connectivity index (χ4v) is 2.01. The van der Waals surface area contributed by atoms with Crippen LogP contribution in [0.5, 0.6) is 0 Å². The van der Waals surface area contributed by atoms with Crippen molar-refractivity contribution < 1.29 is 0 Å². The molecule has 2 aromatic carbocycles. The number of rotatable bonds is 3. The van der Waals surface area contributed by atoms with E-state index < -0.39 is 0 Å². The van der Waals surface area contributed by atoms with Gasteiger partial charge in [0.15, 0.2) is 0 Å². The molecule has 0 fully saturated rings. The zero-order chi connectivity index (χ0) is 16.6. The van der Waals surface area contributed by atoms with Gasteiger partial charge in [0.25, 0.3) is 0 Å². The highest BCUT2D eigenvalue weighted by atomic mass is 14.2. The Kier molecular flexibility index (Phi) is 6.85. The third-order valence-electron chi connectivity index (χ3n) is 3.64. The van der Waals surface area contributed by atoms with Gasteiger partial charge in [0.05, 0.1) is 0 Å². The second-order valence-corrected chi connectivity index (χ2v) is 6.38. The van der Waals surface area contributed by atoms with E-state index in [1.54, 1.807) is 0 Å². The normalized spacial score (nSPS) is 10.4. The zero-order valence-corrected chi connectivity index (χ0v) is 14.4. The van der Waals surface area contributed by atoms with Crippen molar-refractivity contribution in [3.05, 3.63) is 83.9 Å². The van der Waals surface area contributed by atoms with Crippen molar-refractivity contribution in [1.82, 2.24) is 0 Å². The summed E-state index contributed by atoms with van der Waals surface area (Å²) in [6.45, 7) is 16.2. The molecule has 22 heavy (non-hydrogen) atoms. The van der Waals surface area contributed by atoms with Crippen molar-refractivity contribution in [3.8, 4) is 0 Å². The largest absolute Gasteiger partial charge is 0.0985 e. The summed E-state index contributed by atoms with van der Waals surface area (Å²) in [4.78, 5) is 0. The highest BCUT2D eigenvalue weighted by Gasteiger charge is 2.12. The number of benzene rings is 2. The minimum Gasteiger partial charge on any atom is -0.0985 e. The number of aryl methyl sites for hydroxylation is 1. The van der Waals surface area contributed by atoms with Gasteiger partial charge in [-0.25, -0.2) is 0 Å². The molecule has 0 nitrogen and oxygen atoms in total. The topological polar surface area (TPSA) is 0 Å². The molecular weight excluding hydrogens is 264 g/mol. The molecule has 0 saturated carbocycles. The van der Waals surface area contributed by atoms with Crippen LogP contribution in [0.25, 0.3) is 12.2 Å². The van der Waals surface area contributed by atoms with Gasteiger partial charge in [0, 0.05) is 0 Å². The lowest BCUT2D eigenvalue weighted by Crippen LogP contribution is -2.10. The highest BCUT2D eigenvalue weighted by Crippen LogP contribution is 2.22. The lowest BCUT2D eigenvalue weighted by molar-refractivity contribution is 0.590. The Morgan fingerprint density at radius 2 is 1.18 bits per heavy atom. The van der Waals surface area contributed by atoms with Crippen LogP contribution in [0.1, 0.15) is 49.9 Å². The molecule has 0 heterocycles. The van der Waals surface area contributed by atoms with Crippen LogP contribution in [0.2, 0.25) is 0 Å². The minimum atomic E-state index is 0.250. The summed E-state index contributed by atoms with van der Waals surface area (Å²) in [5.74, 6) is 0. The van der Waals surface area contributed by atoms with Crippen molar-refractivity contribution in [2.45, 2.75) is 39.5 Å². The van der Waals surface area contributed by atoms with Gasteiger partial charge in [-0.15, -0.1) is 0 Å². The predicted molar refractivity (Wildman–Crippen MR) is 101 cm³/mol. The molecule has 0 heteroatoms. The van der Waals surface area contributed by atoms with Crippen molar-refractivity contribution in [2.75, 3.05) is 0 Å². The molecule has 2 aromatic rings. The third-order valence-corrected chi connectivity index (χ3v) is 3.64. The third kappa shape index (κ3) is 5.73. The molecule has 0 aromatic heterocycles. The van der Waals surface area contributed by atoms with E-state index in [1.807, 2.05) is 12.2 Å². The highest BCUT2D eigenvalue weighted by molar-refractivity contribution is 5.48. The average molecular weight is 292 g/mol. The molecule has 0 bridgehead atoms. The number of hydrogen-bond donors (Lipinski definition) is 0. The van der Waals surface area contributed by atoms with Gasteiger partial charge in [-0.2, -0.15) is 0 Å². The Balaban J connectivity index is 0.000000224. The van der Waals surface area contributed by atoms with Crippen LogP contribution in [-0.2, 0) is 11.8 Å². The SMILES string of the molecule is C=Cc1ccc(C(C)(C)C)cc1.C=Cc1ccc(CC)cc1. The fraction of sp³-hybridized carbons (Fsp3) is 0.273. The Morgan fingerprint density at radius 1 is 0.773 bits per heavy atom. The summed E-state index contributed by atoms with van der Waals surface area (Å²) in [6, 6.07) is 17.0. The van der Waals surface area contributed by atoms with Crippen LogP contribution in [0, 0.1) is 0 Å². The van der Waals surface area contributed by atoms with Crippen molar-refractivity contribution in [1.29, 1.82) is 0 Å². The van der Waals surface area contributed by atoms with Gasteiger partial charge in [0.2, 0.25) is 0 Å². The van der Waals surface area contributed by atoms with E-state index in [-0.39, 0.29) is 5.41 Å². The summed E-state index contributed by atoms with van der Waals surface area (Å²) >= 11 is 0. The first-order valence-corrected chi connectivity index (χ1v) is 7.85. The fourth-order valence-electron chi connectivity index (χ4n) is 2.01.